The third kappa shape index (κ3) is 4.68. The van der Waals surface area contributed by atoms with E-state index in [1.807, 2.05) is 31.2 Å². The lowest BCUT2D eigenvalue weighted by molar-refractivity contribution is -0.118. The summed E-state index contributed by atoms with van der Waals surface area (Å²) < 4.78 is 1.06. The van der Waals surface area contributed by atoms with E-state index >= 15 is 0 Å². The van der Waals surface area contributed by atoms with E-state index in [1.165, 1.54) is 5.56 Å². The Bertz CT molecular complexity index is 546. The van der Waals surface area contributed by atoms with Gasteiger partial charge in [0, 0.05) is 29.2 Å². The molecular formula is C17H23BrN2O. The van der Waals surface area contributed by atoms with E-state index in [4.69, 9.17) is 0 Å². The van der Waals surface area contributed by atoms with Crippen molar-refractivity contribution in [3.8, 4) is 0 Å². The Morgan fingerprint density at radius 1 is 1.38 bits per heavy atom. The van der Waals surface area contributed by atoms with Crippen LogP contribution in [0.2, 0.25) is 0 Å². The van der Waals surface area contributed by atoms with Crippen LogP contribution in [0, 0.1) is 6.92 Å². The highest BCUT2D eigenvalue weighted by molar-refractivity contribution is 9.10. The van der Waals surface area contributed by atoms with E-state index in [0.717, 1.165) is 36.0 Å². The molecule has 1 aliphatic heterocycles. The van der Waals surface area contributed by atoms with Crippen LogP contribution in [-0.2, 0) is 4.79 Å². The van der Waals surface area contributed by atoms with Gasteiger partial charge in [-0.3, -0.25) is 4.79 Å². The Morgan fingerprint density at radius 2 is 2.05 bits per heavy atom. The molecular weight excluding hydrogens is 328 g/mol. The first-order chi connectivity index (χ1) is 9.88. The molecule has 0 radical (unpaired) electrons. The van der Waals surface area contributed by atoms with Crippen LogP contribution in [0.4, 0.5) is 0 Å². The van der Waals surface area contributed by atoms with Crippen molar-refractivity contribution in [3.05, 3.63) is 39.9 Å². The number of nitrogens with one attached hydrogen (secondary N) is 1. The lowest BCUT2D eigenvalue weighted by Gasteiger charge is -2.38. The smallest absolute Gasteiger partial charge is 0.244 e. The average Bonchev–Trinajstić information content (AvgIpc) is 2.44. The zero-order chi connectivity index (χ0) is 15.5. The summed E-state index contributed by atoms with van der Waals surface area (Å²) in [6, 6.07) is 6.08. The third-order valence-corrected chi connectivity index (χ3v) is 4.99. The second kappa shape index (κ2) is 6.75. The Kier molecular flexibility index (Phi) is 5.22. The number of likely N-dealkylation sites (tertiary alicyclic amines) is 1. The van der Waals surface area contributed by atoms with Crippen LogP contribution in [0.25, 0.3) is 6.08 Å². The van der Waals surface area contributed by atoms with Gasteiger partial charge in [0.25, 0.3) is 0 Å². The van der Waals surface area contributed by atoms with E-state index in [-0.39, 0.29) is 11.4 Å². The Labute approximate surface area is 135 Å². The molecule has 1 aromatic carbocycles. The number of nitrogens with zero attached hydrogens (tertiary/aromatic N) is 1. The number of piperidine rings is 1. The zero-order valence-corrected chi connectivity index (χ0v) is 14.5. The summed E-state index contributed by atoms with van der Waals surface area (Å²) in [6.07, 6.45) is 5.48. The standard InChI is InChI=1S/C17H23BrN2O/c1-13-4-5-14(12-15(13)18)6-7-16(21)19-17(2)8-10-20(3)11-9-17/h4-7,12H,8-11H2,1-3H3,(H,19,21)/b7-6+. The van der Waals surface area contributed by atoms with Gasteiger partial charge in [0.2, 0.25) is 5.91 Å². The summed E-state index contributed by atoms with van der Waals surface area (Å²) in [5.74, 6) is -0.0150. The van der Waals surface area contributed by atoms with Crippen LogP contribution in [0.5, 0.6) is 0 Å². The molecule has 4 heteroatoms. The molecule has 0 unspecified atom stereocenters. The van der Waals surface area contributed by atoms with Gasteiger partial charge >= 0.3 is 0 Å². The molecule has 21 heavy (non-hydrogen) atoms. The van der Waals surface area contributed by atoms with Crippen molar-refractivity contribution in [2.24, 2.45) is 0 Å². The van der Waals surface area contributed by atoms with Crippen molar-refractivity contribution in [1.29, 1.82) is 0 Å². The molecule has 1 N–H and O–H groups in total. The van der Waals surface area contributed by atoms with Crippen LogP contribution < -0.4 is 5.32 Å². The van der Waals surface area contributed by atoms with E-state index in [9.17, 15) is 4.79 Å². The molecule has 0 aromatic heterocycles. The quantitative estimate of drug-likeness (QED) is 0.847. The number of hydrogen-bond acceptors (Lipinski definition) is 2. The van der Waals surface area contributed by atoms with E-state index < -0.39 is 0 Å². The van der Waals surface area contributed by atoms with Crippen molar-refractivity contribution < 1.29 is 4.79 Å². The molecule has 3 nitrogen and oxygen atoms in total. The SMILES string of the molecule is Cc1ccc(/C=C/C(=O)NC2(C)CCN(C)CC2)cc1Br. The van der Waals surface area contributed by atoms with Gasteiger partial charge in [-0.1, -0.05) is 28.1 Å². The maximum absolute atomic E-state index is 12.1. The molecule has 114 valence electrons. The number of carbonyl (C=O) groups excluding carboxylic acids is 1. The topological polar surface area (TPSA) is 32.3 Å². The van der Waals surface area contributed by atoms with Crippen LogP contribution in [0.1, 0.15) is 30.9 Å². The van der Waals surface area contributed by atoms with E-state index in [0.29, 0.717) is 0 Å². The molecule has 0 aliphatic carbocycles. The third-order valence-electron chi connectivity index (χ3n) is 4.14. The van der Waals surface area contributed by atoms with Gasteiger partial charge < -0.3 is 10.2 Å². The molecule has 1 aliphatic rings. The summed E-state index contributed by atoms with van der Waals surface area (Å²) in [7, 11) is 2.12. The van der Waals surface area contributed by atoms with Gasteiger partial charge in [-0.05, 0) is 57.0 Å². The Balaban J connectivity index is 1.94. The van der Waals surface area contributed by atoms with Crippen molar-refractivity contribution >= 4 is 27.9 Å². The first-order valence-corrected chi connectivity index (χ1v) is 8.12. The fraction of sp³-hybridized carbons (Fsp3) is 0.471. The zero-order valence-electron chi connectivity index (χ0n) is 12.9. The lowest BCUT2D eigenvalue weighted by Crippen LogP contribution is -2.52. The monoisotopic (exact) mass is 350 g/mol. The van der Waals surface area contributed by atoms with Gasteiger partial charge in [-0.25, -0.2) is 0 Å². The lowest BCUT2D eigenvalue weighted by atomic mass is 9.90. The number of rotatable bonds is 3. The number of amides is 1. The molecule has 0 saturated carbocycles. The van der Waals surface area contributed by atoms with Gasteiger partial charge in [0.05, 0.1) is 0 Å². The molecule has 0 bridgehead atoms. The van der Waals surface area contributed by atoms with Crippen molar-refractivity contribution in [1.82, 2.24) is 10.2 Å². The Hall–Kier alpha value is -1.13. The molecule has 1 amide bonds. The Morgan fingerprint density at radius 3 is 2.67 bits per heavy atom. The number of halogens is 1. The number of aryl methyl sites for hydroxylation is 1. The van der Waals surface area contributed by atoms with Crippen molar-refractivity contribution in [3.63, 3.8) is 0 Å². The van der Waals surface area contributed by atoms with Gasteiger partial charge in [-0.15, -0.1) is 0 Å². The fourth-order valence-electron chi connectivity index (χ4n) is 2.46. The van der Waals surface area contributed by atoms with Gasteiger partial charge in [0.15, 0.2) is 0 Å². The minimum Gasteiger partial charge on any atom is -0.347 e. The molecule has 0 spiro atoms. The first-order valence-electron chi connectivity index (χ1n) is 7.33. The number of benzene rings is 1. The highest BCUT2D eigenvalue weighted by Crippen LogP contribution is 2.21. The summed E-state index contributed by atoms with van der Waals surface area (Å²) in [5.41, 5.74) is 2.13. The van der Waals surface area contributed by atoms with Crippen LogP contribution >= 0.6 is 15.9 Å². The predicted octanol–water partition coefficient (Wildman–Crippen LogP) is 3.37. The first kappa shape index (κ1) is 16.2. The minimum absolute atomic E-state index is 0.0150. The molecule has 1 fully saturated rings. The second-order valence-corrected chi connectivity index (χ2v) is 7.05. The van der Waals surface area contributed by atoms with E-state index in [1.54, 1.807) is 6.08 Å². The summed E-state index contributed by atoms with van der Waals surface area (Å²) in [4.78, 5) is 14.4. The highest BCUT2D eigenvalue weighted by atomic mass is 79.9. The highest BCUT2D eigenvalue weighted by Gasteiger charge is 2.29. The molecule has 0 atom stereocenters. The second-order valence-electron chi connectivity index (χ2n) is 6.20. The largest absolute Gasteiger partial charge is 0.347 e. The maximum atomic E-state index is 12.1. The van der Waals surface area contributed by atoms with Crippen LogP contribution in [0.3, 0.4) is 0 Å². The summed E-state index contributed by atoms with van der Waals surface area (Å²) >= 11 is 3.51. The van der Waals surface area contributed by atoms with Crippen molar-refractivity contribution in [2.75, 3.05) is 20.1 Å². The molecule has 1 heterocycles. The fourth-order valence-corrected chi connectivity index (χ4v) is 2.86. The number of hydrogen-bond donors (Lipinski definition) is 1. The number of carbonyl (C=O) groups is 1. The summed E-state index contributed by atoms with van der Waals surface area (Å²) in [5, 5.41) is 3.15. The molecule has 1 saturated heterocycles. The normalized spacial score (nSPS) is 18.9. The van der Waals surface area contributed by atoms with E-state index in [2.05, 4.69) is 40.1 Å². The van der Waals surface area contributed by atoms with Crippen LogP contribution in [-0.4, -0.2) is 36.5 Å². The predicted molar refractivity (Wildman–Crippen MR) is 91.2 cm³/mol. The molecule has 1 aromatic rings. The molecule has 2 rings (SSSR count). The minimum atomic E-state index is -0.0816. The summed E-state index contributed by atoms with van der Waals surface area (Å²) in [6.45, 7) is 6.25. The van der Waals surface area contributed by atoms with Crippen LogP contribution in [0.15, 0.2) is 28.7 Å². The van der Waals surface area contributed by atoms with Crippen molar-refractivity contribution in [2.45, 2.75) is 32.2 Å². The maximum Gasteiger partial charge on any atom is 0.244 e. The van der Waals surface area contributed by atoms with Gasteiger partial charge in [-0.2, -0.15) is 0 Å². The van der Waals surface area contributed by atoms with Gasteiger partial charge in [0.1, 0.15) is 0 Å². The average molecular weight is 351 g/mol.